The Bertz CT molecular complexity index is 3010. The minimum atomic E-state index is -4.83. The van der Waals surface area contributed by atoms with Crippen molar-refractivity contribution in [2.75, 3.05) is 7.11 Å². The summed E-state index contributed by atoms with van der Waals surface area (Å²) in [7, 11) is -7.03. The van der Waals surface area contributed by atoms with E-state index in [9.17, 15) is 31.0 Å². The molecule has 0 unspecified atom stereocenters. The van der Waals surface area contributed by atoms with Crippen LogP contribution < -0.4 is 18.9 Å². The van der Waals surface area contributed by atoms with Crippen LogP contribution in [0.2, 0.25) is 0 Å². The van der Waals surface area contributed by atoms with E-state index in [1.807, 2.05) is 6.92 Å². The lowest BCUT2D eigenvalue weighted by atomic mass is 10.0. The van der Waals surface area contributed by atoms with Gasteiger partial charge >= 0.3 is 0 Å². The van der Waals surface area contributed by atoms with Gasteiger partial charge in [-0.3, -0.25) is 14.1 Å². The van der Waals surface area contributed by atoms with Crippen molar-refractivity contribution >= 4 is 43.6 Å². The van der Waals surface area contributed by atoms with Gasteiger partial charge in [-0.1, -0.05) is 34.9 Å². The summed E-state index contributed by atoms with van der Waals surface area (Å²) in [6.45, 7) is 1.84. The van der Waals surface area contributed by atoms with Crippen molar-refractivity contribution in [2.45, 2.75) is 33.1 Å². The van der Waals surface area contributed by atoms with Crippen molar-refractivity contribution in [2.24, 2.45) is 0 Å². The fourth-order valence-corrected chi connectivity index (χ4v) is 8.61. The van der Waals surface area contributed by atoms with Crippen LogP contribution in [-0.4, -0.2) is 45.3 Å². The Labute approximate surface area is 372 Å². The van der Waals surface area contributed by atoms with Gasteiger partial charge in [-0.2, -0.15) is 8.42 Å². The molecule has 0 radical (unpaired) electrons. The van der Waals surface area contributed by atoms with Gasteiger partial charge < -0.3 is 18.9 Å². The second kappa shape index (κ2) is 19.7. The predicted molar refractivity (Wildman–Crippen MR) is 234 cm³/mol. The molecule has 0 saturated heterocycles. The smallest absolute Gasteiger partial charge is 0.298 e. The summed E-state index contributed by atoms with van der Waals surface area (Å²) in [5.74, 6) is 0.985. The second-order valence-corrected chi connectivity index (χ2v) is 17.9. The molecule has 0 amide bonds. The molecule has 0 aliphatic heterocycles. The Morgan fingerprint density at radius 1 is 0.562 bits per heavy atom. The number of methoxy groups -OCH3 is 1. The maximum absolute atomic E-state index is 13.6. The molecular weight excluding hydrogens is 885 g/mol. The first-order valence-corrected chi connectivity index (χ1v) is 22.6. The second-order valence-electron chi connectivity index (χ2n) is 13.8. The highest BCUT2D eigenvalue weighted by Crippen LogP contribution is 2.33. The van der Waals surface area contributed by atoms with Crippen molar-refractivity contribution in [1.82, 2.24) is 0 Å². The Morgan fingerprint density at radius 2 is 1.03 bits per heavy atom. The molecule has 0 atom stereocenters. The maximum atomic E-state index is 13.6. The van der Waals surface area contributed by atoms with Gasteiger partial charge in [0.15, 0.2) is 11.6 Å². The molecule has 17 heteroatoms. The molecule has 7 aromatic carbocycles. The van der Waals surface area contributed by atoms with Crippen molar-refractivity contribution in [1.29, 1.82) is 0 Å². The average Bonchev–Trinajstić information content (AvgIpc) is 3.30. The number of carbonyl (C=O) groups is 2. The summed E-state index contributed by atoms with van der Waals surface area (Å²) in [5.41, 5.74) is 2.26. The van der Waals surface area contributed by atoms with Crippen LogP contribution in [0.15, 0.2) is 177 Å². The fourth-order valence-electron chi connectivity index (χ4n) is 6.20. The number of hydrogen-bond acceptors (Lipinski definition) is 14. The van der Waals surface area contributed by atoms with Crippen LogP contribution in [0.4, 0.5) is 0 Å². The zero-order valence-corrected chi connectivity index (χ0v) is 36.2. The highest BCUT2D eigenvalue weighted by Gasteiger charge is 2.23. The Hall–Kier alpha value is -6.83. The van der Waals surface area contributed by atoms with E-state index >= 15 is 0 Å². The van der Waals surface area contributed by atoms with Gasteiger partial charge in [-0.15, -0.1) is 4.33 Å². The SMILES string of the molecule is COc1ccc(Oc2ccc(C(=O)c3ccc(COc4ccc(C(=O)c5ccc(Oc6ccc(S(=O)(=O)c7ccc(C)cc7)cc6)cc5)cc4)c(SOOO)c3)cc2S(=O)(=O)O)cc1. The van der Waals surface area contributed by atoms with Gasteiger partial charge in [0.05, 0.1) is 28.9 Å². The van der Waals surface area contributed by atoms with E-state index in [1.165, 1.54) is 43.5 Å². The first-order valence-electron chi connectivity index (χ1n) is 18.9. The summed E-state index contributed by atoms with van der Waals surface area (Å²) in [5, 5.41) is 12.6. The molecule has 0 aliphatic rings. The molecule has 2 N–H and O–H groups in total. The standard InChI is InChI=1S/C47H36O14S3/c1-30-3-22-41(23-4-30)63(51,52)42-24-20-39(21-25-42)58-38-14-9-32(10-15-38)46(48)31-7-12-37(13-8-31)57-29-35-6-5-33(27-44(35)62-61-60-50)47(49)34-11-26-43(45(28-34)64(53,54)55)59-40-18-16-36(56-2)17-19-40/h3-28,50H,29H2,1-2H3,(H,53,54,55). The van der Waals surface area contributed by atoms with Gasteiger partial charge in [0.1, 0.15) is 46.0 Å². The van der Waals surface area contributed by atoms with Crippen molar-refractivity contribution in [3.63, 3.8) is 0 Å². The fraction of sp³-hybridized carbons (Fsp3) is 0.0638. The van der Waals surface area contributed by atoms with Gasteiger partial charge in [0, 0.05) is 32.7 Å². The first-order chi connectivity index (χ1) is 30.7. The molecule has 326 valence electrons. The number of ether oxygens (including phenoxy) is 4. The van der Waals surface area contributed by atoms with E-state index in [4.69, 9.17) is 24.2 Å². The third-order valence-electron chi connectivity index (χ3n) is 9.58. The van der Waals surface area contributed by atoms with Crippen LogP contribution in [0.1, 0.15) is 43.0 Å². The molecule has 0 fully saturated rings. The highest BCUT2D eigenvalue weighted by atomic mass is 32.2. The predicted octanol–water partition coefficient (Wildman–Crippen LogP) is 10.1. The molecule has 7 rings (SSSR count). The van der Waals surface area contributed by atoms with Gasteiger partial charge in [-0.25, -0.2) is 13.7 Å². The van der Waals surface area contributed by atoms with Crippen LogP contribution >= 0.6 is 12.0 Å². The average molecular weight is 921 g/mol. The van der Waals surface area contributed by atoms with Crippen molar-refractivity contribution in [3.8, 4) is 34.5 Å². The van der Waals surface area contributed by atoms with E-state index in [0.29, 0.717) is 56.6 Å². The van der Waals surface area contributed by atoms with E-state index in [-0.39, 0.29) is 44.8 Å². The lowest BCUT2D eigenvalue weighted by molar-refractivity contribution is -0.432. The molecule has 14 nitrogen and oxygen atoms in total. The topological polar surface area (TPSA) is 198 Å². The van der Waals surface area contributed by atoms with Crippen LogP contribution in [0.5, 0.6) is 34.5 Å². The number of carbonyl (C=O) groups excluding carboxylic acids is 2. The zero-order valence-electron chi connectivity index (χ0n) is 33.7. The first kappa shape index (κ1) is 45.2. The number of sulfone groups is 1. The normalized spacial score (nSPS) is 11.4. The van der Waals surface area contributed by atoms with Crippen LogP contribution in [-0.2, 0) is 35.9 Å². The van der Waals surface area contributed by atoms with Crippen LogP contribution in [0.3, 0.4) is 0 Å². The van der Waals surface area contributed by atoms with Gasteiger partial charge in [-0.05, 0) is 140 Å². The number of rotatable bonds is 18. The van der Waals surface area contributed by atoms with Gasteiger partial charge in [0.2, 0.25) is 9.84 Å². The molecule has 7 aromatic rings. The van der Waals surface area contributed by atoms with E-state index in [2.05, 4.69) is 9.37 Å². The summed E-state index contributed by atoms with van der Waals surface area (Å²) in [6, 6.07) is 40.0. The summed E-state index contributed by atoms with van der Waals surface area (Å²) < 4.78 is 88.0. The third-order valence-corrected chi connectivity index (χ3v) is 12.9. The maximum Gasteiger partial charge on any atom is 0.298 e. The summed E-state index contributed by atoms with van der Waals surface area (Å²) >= 11 is 0.584. The number of aryl methyl sites for hydroxylation is 1. The van der Waals surface area contributed by atoms with Gasteiger partial charge in [0.25, 0.3) is 10.1 Å². The Kier molecular flexibility index (Phi) is 13.9. The molecule has 0 bridgehead atoms. The lowest BCUT2D eigenvalue weighted by Gasteiger charge is -2.13. The molecule has 0 spiro atoms. The van der Waals surface area contributed by atoms with Crippen molar-refractivity contribution in [3.05, 3.63) is 191 Å². The number of ketones is 2. The van der Waals surface area contributed by atoms with E-state index in [0.717, 1.165) is 11.6 Å². The largest absolute Gasteiger partial charge is 0.497 e. The third kappa shape index (κ3) is 10.8. The quantitative estimate of drug-likeness (QED) is 0.0271. The molecule has 0 heterocycles. The van der Waals surface area contributed by atoms with E-state index in [1.54, 1.807) is 115 Å². The van der Waals surface area contributed by atoms with E-state index < -0.39 is 30.6 Å². The number of benzene rings is 7. The zero-order chi connectivity index (χ0) is 45.4. The number of hydrogen-bond donors (Lipinski definition) is 2. The Morgan fingerprint density at radius 3 is 1.61 bits per heavy atom. The van der Waals surface area contributed by atoms with Crippen molar-refractivity contribution < 1.29 is 64.6 Å². The minimum absolute atomic E-state index is 0.0457. The molecule has 0 aromatic heterocycles. The molecule has 64 heavy (non-hydrogen) atoms. The van der Waals surface area contributed by atoms with Crippen LogP contribution in [0.25, 0.3) is 0 Å². The van der Waals surface area contributed by atoms with Crippen LogP contribution in [0, 0.1) is 6.92 Å². The monoisotopic (exact) mass is 920 g/mol. The molecule has 0 aliphatic carbocycles. The highest BCUT2D eigenvalue weighted by molar-refractivity contribution is 7.94. The minimum Gasteiger partial charge on any atom is -0.497 e. The summed E-state index contributed by atoms with van der Waals surface area (Å²) in [4.78, 5) is 26.9. The summed E-state index contributed by atoms with van der Waals surface area (Å²) in [6.07, 6.45) is 0. The molecular formula is C47H36O14S3. The Balaban J connectivity index is 0.980. The molecule has 0 saturated carbocycles. The lowest BCUT2D eigenvalue weighted by Crippen LogP contribution is -2.07.